The molecule has 0 radical (unpaired) electrons. The first kappa shape index (κ1) is 22.2. The van der Waals surface area contributed by atoms with Crippen LogP contribution in [0.25, 0.3) is 0 Å². The van der Waals surface area contributed by atoms with E-state index in [0.717, 1.165) is 23.4 Å². The average Bonchev–Trinajstić information content (AvgIpc) is 3.00. The zero-order valence-corrected chi connectivity index (χ0v) is 18.7. The number of likely N-dealkylation sites (tertiary alicyclic amines) is 1. The summed E-state index contributed by atoms with van der Waals surface area (Å²) in [6, 6.07) is 4.92. The minimum atomic E-state index is -0.852. The van der Waals surface area contributed by atoms with E-state index in [4.69, 9.17) is 0 Å². The number of rotatable bonds is 4. The van der Waals surface area contributed by atoms with Gasteiger partial charge in [-0.2, -0.15) is 0 Å². The molecule has 1 atom stereocenters. The molecule has 2 N–H and O–H groups in total. The van der Waals surface area contributed by atoms with Crippen LogP contribution in [0.2, 0.25) is 0 Å². The number of aromatic nitrogens is 1. The minimum Gasteiger partial charge on any atom is -0.340 e. The maximum absolute atomic E-state index is 13.0. The molecule has 2 saturated heterocycles. The maximum Gasteiger partial charge on any atom is 0.325 e. The Morgan fingerprint density at radius 3 is 2.69 bits per heavy atom. The van der Waals surface area contributed by atoms with E-state index in [1.807, 2.05) is 19.1 Å². The van der Waals surface area contributed by atoms with Crippen LogP contribution in [0, 0.1) is 18.8 Å². The van der Waals surface area contributed by atoms with Crippen LogP contribution in [0.5, 0.6) is 0 Å². The van der Waals surface area contributed by atoms with Gasteiger partial charge in [0.15, 0.2) is 0 Å². The molecule has 1 spiro atoms. The second kappa shape index (κ2) is 8.88. The van der Waals surface area contributed by atoms with Gasteiger partial charge in [-0.05, 0) is 63.5 Å². The van der Waals surface area contributed by atoms with Gasteiger partial charge in [-0.3, -0.25) is 19.3 Å². The topological polar surface area (TPSA) is 112 Å². The number of hydrogen-bond donors (Lipinski definition) is 2. The van der Waals surface area contributed by atoms with Crippen LogP contribution in [-0.4, -0.2) is 63.7 Å². The van der Waals surface area contributed by atoms with Crippen LogP contribution in [0.1, 0.15) is 51.1 Å². The zero-order chi connectivity index (χ0) is 22.9. The van der Waals surface area contributed by atoms with Crippen LogP contribution in [-0.2, 0) is 14.4 Å². The molecule has 1 aromatic rings. The van der Waals surface area contributed by atoms with Gasteiger partial charge in [0.2, 0.25) is 11.8 Å². The Balaban J connectivity index is 1.35. The number of hydrogen-bond acceptors (Lipinski definition) is 5. The highest BCUT2D eigenvalue weighted by Gasteiger charge is 2.52. The Kier molecular flexibility index (Phi) is 6.17. The Bertz CT molecular complexity index is 925. The number of amides is 5. The van der Waals surface area contributed by atoms with Crippen molar-refractivity contribution in [3.8, 4) is 0 Å². The lowest BCUT2D eigenvalue weighted by molar-refractivity contribution is -0.141. The SMILES string of the molecule is Cc1cccc(NC(=O)C2CCCN(C(=O)CN3C(=O)NC4(CCC(C)CC4)C3=O)C2)n1. The molecular weight excluding hydrogens is 410 g/mol. The fourth-order valence-electron chi connectivity index (χ4n) is 4.91. The van der Waals surface area contributed by atoms with Gasteiger partial charge < -0.3 is 15.5 Å². The van der Waals surface area contributed by atoms with E-state index in [1.54, 1.807) is 11.0 Å². The molecule has 0 bridgehead atoms. The number of carbonyl (C=O) groups excluding carboxylic acids is 4. The van der Waals surface area contributed by atoms with Gasteiger partial charge in [-0.15, -0.1) is 0 Å². The van der Waals surface area contributed by atoms with E-state index in [9.17, 15) is 19.2 Å². The number of carbonyl (C=O) groups is 4. The van der Waals surface area contributed by atoms with Crippen molar-refractivity contribution in [2.45, 2.75) is 57.9 Å². The maximum atomic E-state index is 13.0. The lowest BCUT2D eigenvalue weighted by Crippen LogP contribution is -2.51. The summed E-state index contributed by atoms with van der Waals surface area (Å²) < 4.78 is 0. The van der Waals surface area contributed by atoms with Gasteiger partial charge in [0.05, 0.1) is 5.92 Å². The molecule has 1 unspecified atom stereocenters. The Morgan fingerprint density at radius 2 is 1.97 bits per heavy atom. The summed E-state index contributed by atoms with van der Waals surface area (Å²) >= 11 is 0. The summed E-state index contributed by atoms with van der Waals surface area (Å²) in [7, 11) is 0. The molecule has 9 nitrogen and oxygen atoms in total. The number of nitrogens with zero attached hydrogens (tertiary/aromatic N) is 3. The van der Waals surface area contributed by atoms with Crippen LogP contribution in [0.4, 0.5) is 10.6 Å². The van der Waals surface area contributed by atoms with Gasteiger partial charge in [0.25, 0.3) is 5.91 Å². The van der Waals surface area contributed by atoms with Gasteiger partial charge in [0, 0.05) is 18.8 Å². The number of anilines is 1. The van der Waals surface area contributed by atoms with E-state index in [2.05, 4.69) is 22.5 Å². The van der Waals surface area contributed by atoms with Crippen molar-refractivity contribution >= 4 is 29.6 Å². The minimum absolute atomic E-state index is 0.175. The van der Waals surface area contributed by atoms with Gasteiger partial charge in [-0.25, -0.2) is 9.78 Å². The summed E-state index contributed by atoms with van der Waals surface area (Å²) in [6.07, 6.45) is 4.35. The highest BCUT2D eigenvalue weighted by atomic mass is 16.2. The second-order valence-electron chi connectivity index (χ2n) is 9.42. The lowest BCUT2D eigenvalue weighted by Gasteiger charge is -2.34. The largest absolute Gasteiger partial charge is 0.340 e. The fourth-order valence-corrected chi connectivity index (χ4v) is 4.91. The van der Waals surface area contributed by atoms with E-state index in [-0.39, 0.29) is 36.7 Å². The number of nitrogens with one attached hydrogen (secondary N) is 2. The first-order valence-corrected chi connectivity index (χ1v) is 11.4. The molecule has 32 heavy (non-hydrogen) atoms. The molecule has 172 valence electrons. The molecule has 3 heterocycles. The number of urea groups is 1. The predicted octanol–water partition coefficient (Wildman–Crippen LogP) is 2.07. The molecular formula is C23H31N5O4. The number of pyridine rings is 1. The molecule has 1 aromatic heterocycles. The Morgan fingerprint density at radius 1 is 1.22 bits per heavy atom. The summed E-state index contributed by atoms with van der Waals surface area (Å²) in [5.74, 6) is -0.104. The summed E-state index contributed by atoms with van der Waals surface area (Å²) in [5, 5.41) is 5.68. The van der Waals surface area contributed by atoms with E-state index < -0.39 is 11.6 Å². The molecule has 3 aliphatic rings. The summed E-state index contributed by atoms with van der Waals surface area (Å²) in [6.45, 7) is 4.49. The highest BCUT2D eigenvalue weighted by Crippen LogP contribution is 2.36. The molecule has 2 aliphatic heterocycles. The summed E-state index contributed by atoms with van der Waals surface area (Å²) in [5.41, 5.74) is -0.0448. The van der Waals surface area contributed by atoms with Crippen LogP contribution < -0.4 is 10.6 Å². The van der Waals surface area contributed by atoms with Crippen molar-refractivity contribution in [2.75, 3.05) is 25.0 Å². The van der Waals surface area contributed by atoms with Crippen LogP contribution in [0.3, 0.4) is 0 Å². The van der Waals surface area contributed by atoms with E-state index in [1.165, 1.54) is 0 Å². The molecule has 4 rings (SSSR count). The molecule has 9 heteroatoms. The fraction of sp³-hybridized carbons (Fsp3) is 0.609. The molecule has 5 amide bonds. The lowest BCUT2D eigenvalue weighted by atomic mass is 9.77. The number of imide groups is 1. The van der Waals surface area contributed by atoms with E-state index in [0.29, 0.717) is 44.0 Å². The van der Waals surface area contributed by atoms with Crippen molar-refractivity contribution in [1.82, 2.24) is 20.1 Å². The van der Waals surface area contributed by atoms with Crippen molar-refractivity contribution in [3.05, 3.63) is 23.9 Å². The third-order valence-electron chi connectivity index (χ3n) is 6.95. The van der Waals surface area contributed by atoms with Crippen molar-refractivity contribution in [2.24, 2.45) is 11.8 Å². The first-order chi connectivity index (χ1) is 15.3. The average molecular weight is 442 g/mol. The Labute approximate surface area is 187 Å². The molecule has 0 aromatic carbocycles. The standard InChI is InChI=1S/C23H31N5O4/c1-15-8-10-23(11-9-15)21(31)28(22(32)26-23)14-19(29)27-12-4-6-17(13-27)20(30)25-18-7-3-5-16(2)24-18/h3,5,7,15,17H,4,6,8-14H2,1-2H3,(H,26,32)(H,24,25,30). The van der Waals surface area contributed by atoms with E-state index >= 15 is 0 Å². The second-order valence-corrected chi connectivity index (χ2v) is 9.42. The number of piperidine rings is 1. The smallest absolute Gasteiger partial charge is 0.325 e. The first-order valence-electron chi connectivity index (χ1n) is 11.4. The van der Waals surface area contributed by atoms with Crippen LogP contribution >= 0.6 is 0 Å². The van der Waals surface area contributed by atoms with Crippen molar-refractivity contribution < 1.29 is 19.2 Å². The van der Waals surface area contributed by atoms with Crippen LogP contribution in [0.15, 0.2) is 18.2 Å². The van der Waals surface area contributed by atoms with Crippen molar-refractivity contribution in [3.63, 3.8) is 0 Å². The third-order valence-corrected chi connectivity index (χ3v) is 6.95. The zero-order valence-electron chi connectivity index (χ0n) is 18.7. The van der Waals surface area contributed by atoms with Crippen molar-refractivity contribution in [1.29, 1.82) is 0 Å². The Hall–Kier alpha value is -2.97. The van der Waals surface area contributed by atoms with Gasteiger partial charge in [0.1, 0.15) is 17.9 Å². The molecule has 3 fully saturated rings. The predicted molar refractivity (Wildman–Crippen MR) is 118 cm³/mol. The third kappa shape index (κ3) is 4.47. The molecule has 1 aliphatic carbocycles. The highest BCUT2D eigenvalue weighted by molar-refractivity contribution is 6.09. The monoisotopic (exact) mass is 441 g/mol. The molecule has 1 saturated carbocycles. The van der Waals surface area contributed by atoms with Gasteiger partial charge in [-0.1, -0.05) is 13.0 Å². The number of aryl methyl sites for hydroxylation is 1. The normalized spacial score (nSPS) is 28.1. The summed E-state index contributed by atoms with van der Waals surface area (Å²) in [4.78, 5) is 58.1. The van der Waals surface area contributed by atoms with Gasteiger partial charge >= 0.3 is 6.03 Å². The quantitative estimate of drug-likeness (QED) is 0.695.